The highest BCUT2D eigenvalue weighted by atomic mass is 19.1. The van der Waals surface area contributed by atoms with Crippen molar-refractivity contribution in [2.45, 2.75) is 13.1 Å². The van der Waals surface area contributed by atoms with Crippen molar-refractivity contribution in [2.24, 2.45) is 12.8 Å². The van der Waals surface area contributed by atoms with Gasteiger partial charge in [-0.05, 0) is 13.1 Å². The second-order valence-electron chi connectivity index (χ2n) is 4.91. The fraction of sp³-hybridized carbons (Fsp3) is 0.286. The zero-order valence-corrected chi connectivity index (χ0v) is 11.6. The average Bonchev–Trinajstić information content (AvgIpc) is 2.77. The smallest absolute Gasteiger partial charge is 0.128 e. The third-order valence-corrected chi connectivity index (χ3v) is 3.02. The number of amidine groups is 1. The van der Waals surface area contributed by atoms with Crippen molar-refractivity contribution in [3.8, 4) is 0 Å². The van der Waals surface area contributed by atoms with E-state index >= 15 is 0 Å². The third kappa shape index (κ3) is 3.42. The van der Waals surface area contributed by atoms with Crippen LogP contribution in [0.1, 0.15) is 16.7 Å². The lowest BCUT2D eigenvalue weighted by atomic mass is 10.1. The van der Waals surface area contributed by atoms with Gasteiger partial charge in [-0.15, -0.1) is 0 Å². The molecule has 2 rings (SSSR count). The molecule has 0 saturated heterocycles. The van der Waals surface area contributed by atoms with Gasteiger partial charge >= 0.3 is 0 Å². The van der Waals surface area contributed by atoms with E-state index in [2.05, 4.69) is 5.10 Å². The first-order chi connectivity index (χ1) is 9.45. The summed E-state index contributed by atoms with van der Waals surface area (Å²) in [6.45, 7) is 1.18. The molecule has 0 atom stereocenters. The van der Waals surface area contributed by atoms with Crippen molar-refractivity contribution < 1.29 is 4.39 Å². The summed E-state index contributed by atoms with van der Waals surface area (Å²) in [5, 5.41) is 11.4. The third-order valence-electron chi connectivity index (χ3n) is 3.02. The Kier molecular flexibility index (Phi) is 4.14. The summed E-state index contributed by atoms with van der Waals surface area (Å²) in [7, 11) is 3.79. The first-order valence-electron chi connectivity index (χ1n) is 6.24. The predicted molar refractivity (Wildman–Crippen MR) is 75.8 cm³/mol. The second-order valence-corrected chi connectivity index (χ2v) is 4.91. The molecule has 3 N–H and O–H groups in total. The molecule has 106 valence electrons. The SMILES string of the molecule is CN(Cc1cnn(C)c1)Cc1ccc(C(=N)N)cc1F. The van der Waals surface area contributed by atoms with Gasteiger partial charge in [-0.2, -0.15) is 5.10 Å². The molecule has 0 saturated carbocycles. The van der Waals surface area contributed by atoms with Gasteiger partial charge in [0.15, 0.2) is 0 Å². The van der Waals surface area contributed by atoms with E-state index in [9.17, 15) is 4.39 Å². The number of nitrogens with two attached hydrogens (primary N) is 1. The molecule has 0 fully saturated rings. The molecule has 2 aromatic rings. The molecule has 1 aromatic carbocycles. The number of nitrogens with one attached hydrogen (secondary N) is 1. The molecule has 6 heteroatoms. The highest BCUT2D eigenvalue weighted by Gasteiger charge is 2.09. The first kappa shape index (κ1) is 14.2. The summed E-state index contributed by atoms with van der Waals surface area (Å²) in [4.78, 5) is 2.00. The van der Waals surface area contributed by atoms with Crippen molar-refractivity contribution >= 4 is 5.84 Å². The Morgan fingerprint density at radius 2 is 2.20 bits per heavy atom. The molecule has 0 aliphatic rings. The van der Waals surface area contributed by atoms with Crippen molar-refractivity contribution in [1.29, 1.82) is 5.41 Å². The van der Waals surface area contributed by atoms with Gasteiger partial charge in [0.05, 0.1) is 6.20 Å². The molecule has 5 nitrogen and oxygen atoms in total. The minimum absolute atomic E-state index is 0.126. The number of rotatable bonds is 5. The Bertz CT molecular complexity index is 620. The normalized spacial score (nSPS) is 11.0. The van der Waals surface area contributed by atoms with E-state index in [1.54, 1.807) is 23.0 Å². The number of hydrogen-bond donors (Lipinski definition) is 2. The molecule has 0 unspecified atom stereocenters. The number of halogens is 1. The van der Waals surface area contributed by atoms with Crippen LogP contribution in [-0.4, -0.2) is 27.6 Å². The van der Waals surface area contributed by atoms with Gasteiger partial charge in [0, 0.05) is 43.0 Å². The molecule has 1 heterocycles. The van der Waals surface area contributed by atoms with Crippen molar-refractivity contribution in [2.75, 3.05) is 7.05 Å². The van der Waals surface area contributed by atoms with Gasteiger partial charge in [-0.25, -0.2) is 4.39 Å². The minimum Gasteiger partial charge on any atom is -0.384 e. The summed E-state index contributed by atoms with van der Waals surface area (Å²) in [6, 6.07) is 4.64. The maximum atomic E-state index is 13.9. The summed E-state index contributed by atoms with van der Waals surface area (Å²) in [5.74, 6) is -0.463. The molecule has 0 amide bonds. The number of aryl methyl sites for hydroxylation is 1. The van der Waals surface area contributed by atoms with Gasteiger partial charge in [-0.3, -0.25) is 15.0 Å². The van der Waals surface area contributed by atoms with Gasteiger partial charge < -0.3 is 5.73 Å². The van der Waals surface area contributed by atoms with Crippen LogP contribution in [0.3, 0.4) is 0 Å². The molecular weight excluding hydrogens is 257 g/mol. The maximum Gasteiger partial charge on any atom is 0.128 e. The van der Waals surface area contributed by atoms with Crippen LogP contribution in [0.4, 0.5) is 4.39 Å². The lowest BCUT2D eigenvalue weighted by Crippen LogP contribution is -2.18. The van der Waals surface area contributed by atoms with Crippen LogP contribution in [0.2, 0.25) is 0 Å². The fourth-order valence-corrected chi connectivity index (χ4v) is 2.05. The van der Waals surface area contributed by atoms with Gasteiger partial charge in [0.25, 0.3) is 0 Å². The largest absolute Gasteiger partial charge is 0.384 e. The van der Waals surface area contributed by atoms with Crippen molar-refractivity contribution in [1.82, 2.24) is 14.7 Å². The van der Waals surface area contributed by atoms with Crippen molar-refractivity contribution in [3.63, 3.8) is 0 Å². The minimum atomic E-state index is -0.337. The first-order valence-corrected chi connectivity index (χ1v) is 6.24. The summed E-state index contributed by atoms with van der Waals surface area (Å²) in [6.07, 6.45) is 3.73. The highest BCUT2D eigenvalue weighted by molar-refractivity contribution is 5.94. The van der Waals surface area contributed by atoms with Crippen LogP contribution >= 0.6 is 0 Å². The van der Waals surface area contributed by atoms with E-state index in [4.69, 9.17) is 11.1 Å². The molecule has 0 spiro atoms. The number of aromatic nitrogens is 2. The van der Waals surface area contributed by atoms with E-state index in [0.717, 1.165) is 5.56 Å². The van der Waals surface area contributed by atoms with E-state index < -0.39 is 0 Å². The standard InChI is InChI=1S/C14H18FN5/c1-19(7-10-6-18-20(2)8-10)9-12-4-3-11(14(16)17)5-13(12)15/h3-6,8H,7,9H2,1-2H3,(H3,16,17). The maximum absolute atomic E-state index is 13.9. The summed E-state index contributed by atoms with van der Waals surface area (Å²) < 4.78 is 15.7. The number of nitrogen functional groups attached to an aromatic ring is 1. The second kappa shape index (κ2) is 5.83. The van der Waals surface area contributed by atoms with E-state index in [0.29, 0.717) is 24.2 Å². The number of benzene rings is 1. The van der Waals surface area contributed by atoms with Crippen LogP contribution in [0.15, 0.2) is 30.6 Å². The Hall–Kier alpha value is -2.21. The predicted octanol–water partition coefficient (Wildman–Crippen LogP) is 1.48. The Morgan fingerprint density at radius 1 is 1.45 bits per heavy atom. The van der Waals surface area contributed by atoms with Crippen LogP contribution in [-0.2, 0) is 20.1 Å². The van der Waals surface area contributed by atoms with Crippen LogP contribution in [0.5, 0.6) is 0 Å². The zero-order valence-electron chi connectivity index (χ0n) is 11.6. The number of nitrogens with zero attached hydrogens (tertiary/aromatic N) is 3. The van der Waals surface area contributed by atoms with Crippen LogP contribution in [0, 0.1) is 11.2 Å². The zero-order chi connectivity index (χ0) is 14.7. The van der Waals surface area contributed by atoms with Crippen LogP contribution < -0.4 is 5.73 Å². The summed E-state index contributed by atoms with van der Waals surface area (Å²) >= 11 is 0. The molecule has 1 aromatic heterocycles. The highest BCUT2D eigenvalue weighted by Crippen LogP contribution is 2.13. The topological polar surface area (TPSA) is 70.9 Å². The quantitative estimate of drug-likeness (QED) is 0.641. The Balaban J connectivity index is 2.04. The molecule has 0 bridgehead atoms. The van der Waals surface area contributed by atoms with Gasteiger partial charge in [0.2, 0.25) is 0 Å². The monoisotopic (exact) mass is 275 g/mol. The molecule has 0 aliphatic carbocycles. The van der Waals surface area contributed by atoms with Gasteiger partial charge in [-0.1, -0.05) is 12.1 Å². The van der Waals surface area contributed by atoms with E-state index in [-0.39, 0.29) is 11.7 Å². The Labute approximate surface area is 117 Å². The number of hydrogen-bond acceptors (Lipinski definition) is 3. The Morgan fingerprint density at radius 3 is 2.75 bits per heavy atom. The van der Waals surface area contributed by atoms with Crippen molar-refractivity contribution in [3.05, 3.63) is 53.1 Å². The van der Waals surface area contributed by atoms with Gasteiger partial charge in [0.1, 0.15) is 11.7 Å². The molecule has 0 radical (unpaired) electrons. The summed E-state index contributed by atoms with van der Waals surface area (Å²) in [5.41, 5.74) is 7.40. The average molecular weight is 275 g/mol. The van der Waals surface area contributed by atoms with E-state index in [1.165, 1.54) is 6.07 Å². The molecule has 0 aliphatic heterocycles. The van der Waals surface area contributed by atoms with Crippen LogP contribution in [0.25, 0.3) is 0 Å². The fourth-order valence-electron chi connectivity index (χ4n) is 2.05. The van der Waals surface area contributed by atoms with E-state index in [1.807, 2.05) is 25.2 Å². The lowest BCUT2D eigenvalue weighted by Gasteiger charge is -2.16. The molecule has 20 heavy (non-hydrogen) atoms. The lowest BCUT2D eigenvalue weighted by molar-refractivity contribution is 0.313. The molecular formula is C14H18FN5.